The van der Waals surface area contributed by atoms with Crippen molar-refractivity contribution in [1.29, 1.82) is 0 Å². The van der Waals surface area contributed by atoms with Crippen molar-refractivity contribution in [2.24, 2.45) is 0 Å². The SMILES string of the molecule is COC(=O)c1cccc(NC(=O)CCCN(c2cccc(C)c2)S(C)(=O)=O)c1C. The maximum Gasteiger partial charge on any atom is 0.338 e. The Morgan fingerprint density at radius 3 is 2.41 bits per heavy atom. The Morgan fingerprint density at radius 1 is 1.10 bits per heavy atom. The van der Waals surface area contributed by atoms with E-state index in [0.717, 1.165) is 11.8 Å². The van der Waals surface area contributed by atoms with Gasteiger partial charge < -0.3 is 10.1 Å². The quantitative estimate of drug-likeness (QED) is 0.664. The van der Waals surface area contributed by atoms with E-state index >= 15 is 0 Å². The van der Waals surface area contributed by atoms with Gasteiger partial charge in [0.25, 0.3) is 0 Å². The molecule has 0 unspecified atom stereocenters. The highest BCUT2D eigenvalue weighted by molar-refractivity contribution is 7.92. The minimum atomic E-state index is -3.47. The van der Waals surface area contributed by atoms with Crippen LogP contribution in [-0.4, -0.2) is 40.2 Å². The second-order valence-electron chi connectivity index (χ2n) is 6.80. The van der Waals surface area contributed by atoms with Gasteiger partial charge in [0, 0.05) is 18.7 Å². The zero-order valence-corrected chi connectivity index (χ0v) is 17.9. The fourth-order valence-corrected chi connectivity index (χ4v) is 3.92. The summed E-state index contributed by atoms with van der Waals surface area (Å²) in [5.74, 6) is -0.728. The summed E-state index contributed by atoms with van der Waals surface area (Å²) in [6, 6.07) is 12.2. The molecule has 1 N–H and O–H groups in total. The van der Waals surface area contributed by atoms with Crippen LogP contribution in [0.15, 0.2) is 42.5 Å². The molecule has 156 valence electrons. The van der Waals surface area contributed by atoms with Crippen LogP contribution in [0.5, 0.6) is 0 Å². The van der Waals surface area contributed by atoms with Gasteiger partial charge in [0.1, 0.15) is 0 Å². The van der Waals surface area contributed by atoms with Crippen molar-refractivity contribution in [1.82, 2.24) is 0 Å². The number of benzene rings is 2. The second-order valence-corrected chi connectivity index (χ2v) is 8.70. The molecule has 0 radical (unpaired) electrons. The van der Waals surface area contributed by atoms with E-state index in [0.29, 0.717) is 28.9 Å². The Bertz CT molecular complexity index is 1000. The van der Waals surface area contributed by atoms with E-state index in [2.05, 4.69) is 5.32 Å². The summed E-state index contributed by atoms with van der Waals surface area (Å²) in [5, 5.41) is 2.78. The van der Waals surface area contributed by atoms with Gasteiger partial charge in [-0.2, -0.15) is 0 Å². The summed E-state index contributed by atoms with van der Waals surface area (Å²) >= 11 is 0. The number of rotatable bonds is 8. The van der Waals surface area contributed by atoms with Crippen LogP contribution in [0.4, 0.5) is 11.4 Å². The molecule has 2 aromatic rings. The summed E-state index contributed by atoms with van der Waals surface area (Å²) in [7, 11) is -2.17. The Hall–Kier alpha value is -2.87. The van der Waals surface area contributed by atoms with Crippen LogP contribution in [-0.2, 0) is 19.6 Å². The first-order valence-corrected chi connectivity index (χ1v) is 11.0. The van der Waals surface area contributed by atoms with Crippen molar-refractivity contribution in [3.63, 3.8) is 0 Å². The van der Waals surface area contributed by atoms with Gasteiger partial charge in [-0.3, -0.25) is 9.10 Å². The second kappa shape index (κ2) is 9.56. The van der Waals surface area contributed by atoms with Crippen molar-refractivity contribution >= 4 is 33.3 Å². The third-order valence-electron chi connectivity index (χ3n) is 4.47. The number of amides is 1. The van der Waals surface area contributed by atoms with Crippen LogP contribution in [0, 0.1) is 13.8 Å². The fourth-order valence-electron chi connectivity index (χ4n) is 2.97. The summed E-state index contributed by atoms with van der Waals surface area (Å²) < 4.78 is 30.4. The number of ether oxygens (including phenoxy) is 1. The van der Waals surface area contributed by atoms with E-state index in [1.54, 1.807) is 43.3 Å². The van der Waals surface area contributed by atoms with Crippen molar-refractivity contribution < 1.29 is 22.7 Å². The Balaban J connectivity index is 2.02. The molecule has 0 aromatic heterocycles. The number of nitrogens with zero attached hydrogens (tertiary/aromatic N) is 1. The molecule has 0 heterocycles. The first kappa shape index (κ1) is 22.4. The molecule has 0 bridgehead atoms. The average molecular weight is 419 g/mol. The molecule has 0 aliphatic rings. The molecule has 0 saturated heterocycles. The minimum Gasteiger partial charge on any atom is -0.465 e. The third kappa shape index (κ3) is 6.05. The van der Waals surface area contributed by atoms with Crippen molar-refractivity contribution in [2.45, 2.75) is 26.7 Å². The molecule has 0 fully saturated rings. The lowest BCUT2D eigenvalue weighted by atomic mass is 10.1. The first-order chi connectivity index (χ1) is 13.6. The summed E-state index contributed by atoms with van der Waals surface area (Å²) in [5.41, 5.74) is 3.05. The fraction of sp³-hybridized carbons (Fsp3) is 0.333. The molecule has 0 aliphatic carbocycles. The number of methoxy groups -OCH3 is 1. The summed E-state index contributed by atoms with van der Waals surface area (Å²) in [6.45, 7) is 3.81. The highest BCUT2D eigenvalue weighted by atomic mass is 32.2. The van der Waals surface area contributed by atoms with Gasteiger partial charge in [-0.15, -0.1) is 0 Å². The smallest absolute Gasteiger partial charge is 0.338 e. The van der Waals surface area contributed by atoms with Gasteiger partial charge in [0.05, 0.1) is 24.6 Å². The number of carbonyl (C=O) groups is 2. The molecule has 0 atom stereocenters. The molecule has 2 rings (SSSR count). The normalized spacial score (nSPS) is 11.0. The average Bonchev–Trinajstić information content (AvgIpc) is 2.65. The van der Waals surface area contributed by atoms with E-state index in [1.165, 1.54) is 11.4 Å². The van der Waals surface area contributed by atoms with Crippen LogP contribution in [0.1, 0.15) is 34.3 Å². The lowest BCUT2D eigenvalue weighted by Crippen LogP contribution is -2.31. The Morgan fingerprint density at radius 2 is 1.79 bits per heavy atom. The summed E-state index contributed by atoms with van der Waals surface area (Å²) in [4.78, 5) is 24.1. The van der Waals surface area contributed by atoms with Gasteiger partial charge in [-0.05, 0) is 55.7 Å². The van der Waals surface area contributed by atoms with Crippen LogP contribution in [0.2, 0.25) is 0 Å². The van der Waals surface area contributed by atoms with Crippen LogP contribution >= 0.6 is 0 Å². The zero-order valence-electron chi connectivity index (χ0n) is 17.1. The van der Waals surface area contributed by atoms with Crippen LogP contribution in [0.3, 0.4) is 0 Å². The van der Waals surface area contributed by atoms with E-state index in [-0.39, 0.29) is 18.9 Å². The molecule has 7 nitrogen and oxygen atoms in total. The van der Waals surface area contributed by atoms with Crippen molar-refractivity contribution in [2.75, 3.05) is 29.5 Å². The standard InChI is InChI=1S/C21H26N2O5S/c1-15-8-5-9-17(14-15)23(29(4,26)27)13-7-12-20(24)22-19-11-6-10-18(16(19)2)21(25)28-3/h5-6,8-11,14H,7,12-13H2,1-4H3,(H,22,24). The monoisotopic (exact) mass is 418 g/mol. The minimum absolute atomic E-state index is 0.139. The van der Waals surface area contributed by atoms with Gasteiger partial charge in [-0.1, -0.05) is 18.2 Å². The zero-order chi connectivity index (χ0) is 21.6. The number of sulfonamides is 1. The predicted octanol–water partition coefficient (Wildman–Crippen LogP) is 3.27. The first-order valence-electron chi connectivity index (χ1n) is 9.15. The molecule has 1 amide bonds. The number of esters is 1. The largest absolute Gasteiger partial charge is 0.465 e. The van der Waals surface area contributed by atoms with Crippen molar-refractivity contribution in [3.8, 4) is 0 Å². The highest BCUT2D eigenvalue weighted by Crippen LogP contribution is 2.21. The maximum absolute atomic E-state index is 12.3. The number of anilines is 2. The molecule has 0 saturated carbocycles. The molecule has 29 heavy (non-hydrogen) atoms. The Kier molecular flexibility index (Phi) is 7.39. The highest BCUT2D eigenvalue weighted by Gasteiger charge is 2.18. The van der Waals surface area contributed by atoms with Gasteiger partial charge in [0.15, 0.2) is 0 Å². The van der Waals surface area contributed by atoms with Crippen LogP contribution in [0.25, 0.3) is 0 Å². The molecule has 2 aromatic carbocycles. The van der Waals surface area contributed by atoms with Gasteiger partial charge >= 0.3 is 5.97 Å². The number of nitrogens with one attached hydrogen (secondary N) is 1. The molecule has 0 spiro atoms. The lowest BCUT2D eigenvalue weighted by Gasteiger charge is -2.22. The number of hydrogen-bond donors (Lipinski definition) is 1. The van der Waals surface area contributed by atoms with Crippen molar-refractivity contribution in [3.05, 3.63) is 59.2 Å². The van der Waals surface area contributed by atoms with E-state index in [1.807, 2.05) is 13.0 Å². The van der Waals surface area contributed by atoms with E-state index in [9.17, 15) is 18.0 Å². The molecule has 8 heteroatoms. The van der Waals surface area contributed by atoms with Gasteiger partial charge in [0.2, 0.25) is 15.9 Å². The summed E-state index contributed by atoms with van der Waals surface area (Å²) in [6.07, 6.45) is 1.64. The maximum atomic E-state index is 12.3. The van der Waals surface area contributed by atoms with E-state index in [4.69, 9.17) is 4.74 Å². The predicted molar refractivity (Wildman–Crippen MR) is 114 cm³/mol. The lowest BCUT2D eigenvalue weighted by molar-refractivity contribution is -0.116. The topological polar surface area (TPSA) is 92.8 Å². The number of carbonyl (C=O) groups excluding carboxylic acids is 2. The van der Waals surface area contributed by atoms with Crippen LogP contribution < -0.4 is 9.62 Å². The third-order valence-corrected chi connectivity index (χ3v) is 5.66. The molecular formula is C21H26N2O5S. The number of hydrogen-bond acceptors (Lipinski definition) is 5. The molecular weight excluding hydrogens is 392 g/mol. The Labute approximate surface area is 171 Å². The number of aryl methyl sites for hydroxylation is 1. The van der Waals surface area contributed by atoms with Gasteiger partial charge in [-0.25, -0.2) is 13.2 Å². The molecule has 0 aliphatic heterocycles. The van der Waals surface area contributed by atoms with E-state index < -0.39 is 16.0 Å².